The van der Waals surface area contributed by atoms with Gasteiger partial charge in [0.2, 0.25) is 0 Å². The monoisotopic (exact) mass is 139 g/mol. The summed E-state index contributed by atoms with van der Waals surface area (Å²) < 4.78 is 0. The van der Waals surface area contributed by atoms with Crippen molar-refractivity contribution < 1.29 is 4.79 Å². The number of nitrogens with two attached hydrogens (primary N) is 1. The Morgan fingerprint density at radius 1 is 1.80 bits per heavy atom. The quantitative estimate of drug-likeness (QED) is 0.464. The van der Waals surface area contributed by atoms with Crippen LogP contribution in [0.25, 0.3) is 0 Å². The largest absolute Gasteiger partial charge is 0.382 e. The van der Waals surface area contributed by atoms with E-state index in [-0.39, 0.29) is 17.4 Å². The molecular weight excluding hydrogens is 132 g/mol. The zero-order chi connectivity index (χ0) is 7.56. The van der Waals surface area contributed by atoms with Crippen LogP contribution in [-0.2, 0) is 4.79 Å². The van der Waals surface area contributed by atoms with Crippen LogP contribution < -0.4 is 16.4 Å². The molecule has 0 fully saturated rings. The van der Waals surface area contributed by atoms with Crippen molar-refractivity contribution in [1.82, 2.24) is 10.6 Å². The van der Waals surface area contributed by atoms with Gasteiger partial charge in [-0.05, 0) is 0 Å². The molecule has 5 nitrogen and oxygen atoms in total. The fraction of sp³-hybridized carbons (Fsp3) is 0.200. The number of hydrogen-bond acceptors (Lipinski definition) is 3. The number of hydrogen-bond donors (Lipinski definition) is 2. The van der Waals surface area contributed by atoms with Crippen LogP contribution >= 0.6 is 0 Å². The zero-order valence-corrected chi connectivity index (χ0v) is 5.46. The molecule has 3 N–H and O–H groups in total. The number of nitrogens with one attached hydrogen (secondary N) is 1. The molecule has 0 saturated heterocycles. The highest BCUT2D eigenvalue weighted by atomic mass is 16.2. The molecule has 1 heterocycles. The van der Waals surface area contributed by atoms with E-state index in [9.17, 15) is 4.79 Å². The molecule has 0 aromatic rings. The van der Waals surface area contributed by atoms with Crippen LogP contribution in [0.1, 0.15) is 0 Å². The van der Waals surface area contributed by atoms with Crippen LogP contribution in [-0.4, -0.2) is 19.3 Å². The van der Waals surface area contributed by atoms with Gasteiger partial charge in [-0.15, -0.1) is 0 Å². The summed E-state index contributed by atoms with van der Waals surface area (Å²) in [5.74, 6) is -0.144. The number of aliphatic imine (C=N–C) groups is 1. The fourth-order valence-corrected chi connectivity index (χ4v) is 0.569. The highest BCUT2D eigenvalue weighted by Gasteiger charge is 2.14. The molecule has 1 radical (unpaired) electrons. The van der Waals surface area contributed by atoms with Crippen LogP contribution in [0.3, 0.4) is 0 Å². The smallest absolute Gasteiger partial charge is 0.273 e. The summed E-state index contributed by atoms with van der Waals surface area (Å²) in [6, 6.07) is 0. The third-order valence-corrected chi connectivity index (χ3v) is 1.07. The van der Waals surface area contributed by atoms with Crippen molar-refractivity contribution in [2.75, 3.05) is 7.05 Å². The summed E-state index contributed by atoms with van der Waals surface area (Å²) in [7, 11) is 1.51. The van der Waals surface area contributed by atoms with Crippen LogP contribution in [0.5, 0.6) is 0 Å². The molecule has 1 rings (SSSR count). The average molecular weight is 139 g/mol. The van der Waals surface area contributed by atoms with Crippen molar-refractivity contribution in [3.05, 3.63) is 11.5 Å². The number of carbonyl (C=O) groups is 1. The molecule has 1 amide bonds. The Balaban J connectivity index is 2.80. The Kier molecular flexibility index (Phi) is 1.57. The Morgan fingerprint density at radius 3 is 2.90 bits per heavy atom. The summed E-state index contributed by atoms with van der Waals surface area (Å²) in [5.41, 5.74) is 5.47. The summed E-state index contributed by atoms with van der Waals surface area (Å²) in [6.45, 7) is 0. The van der Waals surface area contributed by atoms with E-state index in [1.54, 1.807) is 0 Å². The van der Waals surface area contributed by atoms with Crippen LogP contribution in [0.2, 0.25) is 0 Å². The Labute approximate surface area is 58.0 Å². The summed E-state index contributed by atoms with van der Waals surface area (Å²) in [4.78, 5) is 14.4. The van der Waals surface area contributed by atoms with E-state index in [1.165, 1.54) is 13.4 Å². The number of rotatable bonds is 1. The minimum absolute atomic E-state index is 0.166. The van der Waals surface area contributed by atoms with E-state index in [4.69, 9.17) is 5.73 Å². The maximum absolute atomic E-state index is 10.8. The second kappa shape index (κ2) is 2.38. The first-order valence-corrected chi connectivity index (χ1v) is 2.71. The maximum atomic E-state index is 10.8. The van der Waals surface area contributed by atoms with Crippen LogP contribution in [0.4, 0.5) is 0 Å². The molecule has 0 unspecified atom stereocenters. The van der Waals surface area contributed by atoms with Gasteiger partial charge in [0.05, 0.1) is 0 Å². The first-order valence-electron chi connectivity index (χ1n) is 2.71. The molecule has 0 aromatic carbocycles. The number of amides is 1. The first kappa shape index (κ1) is 6.60. The van der Waals surface area contributed by atoms with E-state index in [0.29, 0.717) is 0 Å². The van der Waals surface area contributed by atoms with Gasteiger partial charge < -0.3 is 11.1 Å². The second-order valence-corrected chi connectivity index (χ2v) is 1.69. The lowest BCUT2D eigenvalue weighted by Gasteiger charge is -1.95. The molecular formula is C5H7N4O. The van der Waals surface area contributed by atoms with E-state index in [1.807, 2.05) is 0 Å². The molecule has 53 valence electrons. The minimum Gasteiger partial charge on any atom is -0.382 e. The lowest BCUT2D eigenvalue weighted by molar-refractivity contribution is -0.117. The highest BCUT2D eigenvalue weighted by molar-refractivity contribution is 5.96. The molecule has 1 aliphatic heterocycles. The summed E-state index contributed by atoms with van der Waals surface area (Å²) >= 11 is 0. The molecule has 0 aliphatic carbocycles. The molecule has 0 spiro atoms. The zero-order valence-electron chi connectivity index (χ0n) is 5.46. The van der Waals surface area contributed by atoms with Crippen molar-refractivity contribution in [3.63, 3.8) is 0 Å². The van der Waals surface area contributed by atoms with Crippen LogP contribution in [0, 0.1) is 0 Å². The van der Waals surface area contributed by atoms with Gasteiger partial charge in [0, 0.05) is 7.05 Å². The third-order valence-electron chi connectivity index (χ3n) is 1.07. The molecule has 0 aromatic heterocycles. The van der Waals surface area contributed by atoms with Crippen LogP contribution in [0.15, 0.2) is 16.5 Å². The third kappa shape index (κ3) is 0.928. The van der Waals surface area contributed by atoms with Gasteiger partial charge in [-0.25, -0.2) is 10.3 Å². The molecule has 0 saturated carbocycles. The predicted octanol–water partition coefficient (Wildman–Crippen LogP) is -1.49. The normalized spacial score (nSPS) is 15.3. The van der Waals surface area contributed by atoms with Gasteiger partial charge in [-0.2, -0.15) is 0 Å². The van der Waals surface area contributed by atoms with Gasteiger partial charge in [0.15, 0.2) is 11.5 Å². The first-order chi connectivity index (χ1) is 4.75. The second-order valence-electron chi connectivity index (χ2n) is 1.69. The van der Waals surface area contributed by atoms with Gasteiger partial charge in [0.25, 0.3) is 5.91 Å². The standard InChI is InChI=1S/C5H7N4O/c1-7-5(10)3-4(6)9-2-8-3/h2H,6H2,1H3,(H,7,10). The lowest BCUT2D eigenvalue weighted by Crippen LogP contribution is -2.22. The molecule has 10 heavy (non-hydrogen) atoms. The fourth-order valence-electron chi connectivity index (χ4n) is 0.569. The average Bonchev–Trinajstić information content (AvgIpc) is 2.34. The Morgan fingerprint density at radius 2 is 2.50 bits per heavy atom. The predicted molar refractivity (Wildman–Crippen MR) is 35.9 cm³/mol. The number of carbonyl (C=O) groups excluding carboxylic acids is 1. The van der Waals surface area contributed by atoms with Crippen molar-refractivity contribution in [3.8, 4) is 0 Å². The lowest BCUT2D eigenvalue weighted by atomic mass is 10.4. The van der Waals surface area contributed by atoms with Gasteiger partial charge >= 0.3 is 0 Å². The van der Waals surface area contributed by atoms with Gasteiger partial charge in [-0.1, -0.05) is 0 Å². The SMILES string of the molecule is CNC(=O)C1=C(N)[N]C=N1. The Hall–Kier alpha value is -1.52. The van der Waals surface area contributed by atoms with Gasteiger partial charge in [0.1, 0.15) is 6.34 Å². The minimum atomic E-state index is -0.310. The van der Waals surface area contributed by atoms with E-state index >= 15 is 0 Å². The van der Waals surface area contributed by atoms with E-state index < -0.39 is 0 Å². The Bertz CT molecular complexity index is 218. The summed E-state index contributed by atoms with van der Waals surface area (Å²) in [5, 5.41) is 5.98. The topological polar surface area (TPSA) is 81.6 Å². The summed E-state index contributed by atoms with van der Waals surface area (Å²) in [6.07, 6.45) is 1.25. The van der Waals surface area contributed by atoms with Crippen molar-refractivity contribution in [2.45, 2.75) is 0 Å². The number of nitrogens with zero attached hydrogens (tertiary/aromatic N) is 2. The molecule has 1 aliphatic rings. The van der Waals surface area contributed by atoms with Crippen molar-refractivity contribution >= 4 is 12.2 Å². The number of likely N-dealkylation sites (N-methyl/N-ethyl adjacent to an activating group) is 1. The molecule has 5 heteroatoms. The molecule has 0 bridgehead atoms. The van der Waals surface area contributed by atoms with Gasteiger partial charge in [-0.3, -0.25) is 4.79 Å². The van der Waals surface area contributed by atoms with E-state index in [0.717, 1.165) is 0 Å². The highest BCUT2D eigenvalue weighted by Crippen LogP contribution is 2.03. The van der Waals surface area contributed by atoms with Crippen molar-refractivity contribution in [1.29, 1.82) is 0 Å². The van der Waals surface area contributed by atoms with E-state index in [2.05, 4.69) is 15.6 Å². The van der Waals surface area contributed by atoms with Crippen molar-refractivity contribution in [2.24, 2.45) is 10.7 Å². The maximum Gasteiger partial charge on any atom is 0.273 e. The molecule has 0 atom stereocenters.